The molecule has 16 heavy (non-hydrogen) atoms. The van der Waals surface area contributed by atoms with Gasteiger partial charge < -0.3 is 4.74 Å². The van der Waals surface area contributed by atoms with E-state index in [1.165, 1.54) is 30.3 Å². The minimum atomic E-state index is 0.713. The maximum absolute atomic E-state index is 5.28. The van der Waals surface area contributed by atoms with E-state index < -0.39 is 0 Å². The molecular weight excluding hydrogens is 200 g/mol. The minimum Gasteiger partial charge on any atom is -0.497 e. The van der Waals surface area contributed by atoms with Gasteiger partial charge in [-0.05, 0) is 31.7 Å². The van der Waals surface area contributed by atoms with E-state index >= 15 is 0 Å². The monoisotopic (exact) mass is 216 g/mol. The number of aryl methyl sites for hydroxylation is 1. The normalized spacial score (nSPS) is 16.4. The average Bonchev–Trinajstić information content (AvgIpc) is 2.53. The van der Waals surface area contributed by atoms with Crippen LogP contribution in [0.5, 0.6) is 5.75 Å². The summed E-state index contributed by atoms with van der Waals surface area (Å²) in [6, 6.07) is 4.04. The van der Waals surface area contributed by atoms with Gasteiger partial charge in [-0.3, -0.25) is 0 Å². The van der Waals surface area contributed by atoms with Gasteiger partial charge in [-0.2, -0.15) is 5.10 Å². The van der Waals surface area contributed by atoms with Gasteiger partial charge in [-0.15, -0.1) is 0 Å². The second kappa shape index (κ2) is 3.51. The summed E-state index contributed by atoms with van der Waals surface area (Å²) in [5, 5.41) is 4.55. The molecule has 0 aromatic carbocycles. The fraction of sp³-hybridized carbons (Fsp3) is 0.462. The summed E-state index contributed by atoms with van der Waals surface area (Å²) in [6.07, 6.45) is 5.94. The number of pyridine rings is 1. The van der Waals surface area contributed by atoms with E-state index in [-0.39, 0.29) is 0 Å². The first-order valence-corrected chi connectivity index (χ1v) is 5.82. The van der Waals surface area contributed by atoms with Gasteiger partial charge in [0.25, 0.3) is 0 Å². The SMILES string of the molecule is COc1ccn2nc(C)c(C3CCC3)c2c1. The Morgan fingerprint density at radius 1 is 1.44 bits per heavy atom. The van der Waals surface area contributed by atoms with Crippen molar-refractivity contribution in [3.05, 3.63) is 29.6 Å². The molecule has 0 radical (unpaired) electrons. The van der Waals surface area contributed by atoms with E-state index in [1.54, 1.807) is 7.11 Å². The molecule has 3 heteroatoms. The van der Waals surface area contributed by atoms with Crippen LogP contribution in [0.25, 0.3) is 5.52 Å². The molecule has 3 rings (SSSR count). The maximum atomic E-state index is 5.28. The Morgan fingerprint density at radius 3 is 2.88 bits per heavy atom. The standard InChI is InChI=1S/C13H16N2O/c1-9-13(10-4-3-5-10)12-8-11(16-2)6-7-15(12)14-9/h6-8,10H,3-5H2,1-2H3. The second-order valence-corrected chi connectivity index (χ2v) is 4.52. The lowest BCUT2D eigenvalue weighted by Gasteiger charge is -2.25. The molecule has 2 aromatic rings. The third kappa shape index (κ3) is 1.31. The van der Waals surface area contributed by atoms with Gasteiger partial charge in [-0.25, -0.2) is 4.52 Å². The van der Waals surface area contributed by atoms with E-state index in [2.05, 4.69) is 18.1 Å². The lowest BCUT2D eigenvalue weighted by atomic mass is 9.79. The highest BCUT2D eigenvalue weighted by atomic mass is 16.5. The summed E-state index contributed by atoms with van der Waals surface area (Å²) in [5.41, 5.74) is 3.80. The zero-order valence-corrected chi connectivity index (χ0v) is 9.73. The van der Waals surface area contributed by atoms with Crippen LogP contribution in [0.1, 0.15) is 36.4 Å². The Hall–Kier alpha value is -1.51. The summed E-state index contributed by atoms with van der Waals surface area (Å²) in [4.78, 5) is 0. The van der Waals surface area contributed by atoms with E-state index in [0.717, 1.165) is 11.4 Å². The summed E-state index contributed by atoms with van der Waals surface area (Å²) >= 11 is 0. The highest BCUT2D eigenvalue weighted by Gasteiger charge is 2.25. The number of hydrogen-bond acceptors (Lipinski definition) is 2. The van der Waals surface area contributed by atoms with E-state index in [0.29, 0.717) is 5.92 Å². The average molecular weight is 216 g/mol. The van der Waals surface area contributed by atoms with Crippen molar-refractivity contribution in [3.8, 4) is 5.75 Å². The van der Waals surface area contributed by atoms with E-state index in [4.69, 9.17) is 4.74 Å². The van der Waals surface area contributed by atoms with Crippen LogP contribution in [-0.4, -0.2) is 16.7 Å². The molecule has 0 saturated heterocycles. The van der Waals surface area contributed by atoms with Crippen molar-refractivity contribution in [2.24, 2.45) is 0 Å². The van der Waals surface area contributed by atoms with Crippen molar-refractivity contribution in [2.45, 2.75) is 32.1 Å². The first kappa shape index (κ1) is 9.70. The highest BCUT2D eigenvalue weighted by molar-refractivity contribution is 5.61. The van der Waals surface area contributed by atoms with E-state index in [1.807, 2.05) is 16.8 Å². The molecule has 0 bridgehead atoms. The summed E-state index contributed by atoms with van der Waals surface area (Å²) in [7, 11) is 1.71. The lowest BCUT2D eigenvalue weighted by molar-refractivity contribution is 0.413. The zero-order valence-electron chi connectivity index (χ0n) is 9.73. The predicted octanol–water partition coefficient (Wildman–Crippen LogP) is 2.92. The van der Waals surface area contributed by atoms with Gasteiger partial charge in [0, 0.05) is 17.8 Å². The fourth-order valence-corrected chi connectivity index (χ4v) is 2.49. The summed E-state index contributed by atoms with van der Waals surface area (Å²) < 4.78 is 7.24. The Bertz CT molecular complexity index is 526. The topological polar surface area (TPSA) is 26.5 Å². The van der Waals surface area contributed by atoms with Crippen molar-refractivity contribution in [3.63, 3.8) is 0 Å². The Morgan fingerprint density at radius 2 is 2.25 bits per heavy atom. The number of fused-ring (bicyclic) bond motifs is 1. The molecule has 1 aliphatic rings. The molecule has 0 atom stereocenters. The van der Waals surface area contributed by atoms with Crippen LogP contribution >= 0.6 is 0 Å². The number of rotatable bonds is 2. The summed E-state index contributed by atoms with van der Waals surface area (Å²) in [6.45, 7) is 2.10. The molecule has 84 valence electrons. The smallest absolute Gasteiger partial charge is 0.122 e. The molecule has 1 fully saturated rings. The number of nitrogens with zero attached hydrogens (tertiary/aromatic N) is 2. The quantitative estimate of drug-likeness (QED) is 0.771. The van der Waals surface area contributed by atoms with Crippen molar-refractivity contribution < 1.29 is 4.74 Å². The van der Waals surface area contributed by atoms with Crippen LogP contribution in [-0.2, 0) is 0 Å². The molecule has 0 spiro atoms. The molecule has 1 saturated carbocycles. The Kier molecular flexibility index (Phi) is 2.13. The van der Waals surface area contributed by atoms with Crippen molar-refractivity contribution in [1.29, 1.82) is 0 Å². The summed E-state index contributed by atoms with van der Waals surface area (Å²) in [5.74, 6) is 1.62. The van der Waals surface area contributed by atoms with Crippen molar-refractivity contribution >= 4 is 5.52 Å². The van der Waals surface area contributed by atoms with Crippen molar-refractivity contribution in [1.82, 2.24) is 9.61 Å². The number of hydrogen-bond donors (Lipinski definition) is 0. The van der Waals surface area contributed by atoms with Gasteiger partial charge in [0.1, 0.15) is 5.75 Å². The maximum Gasteiger partial charge on any atom is 0.122 e. The van der Waals surface area contributed by atoms with Crippen LogP contribution in [0.15, 0.2) is 18.3 Å². The molecule has 2 heterocycles. The van der Waals surface area contributed by atoms with E-state index in [9.17, 15) is 0 Å². The van der Waals surface area contributed by atoms with Gasteiger partial charge >= 0.3 is 0 Å². The van der Waals surface area contributed by atoms with Crippen LogP contribution in [0.2, 0.25) is 0 Å². The number of methoxy groups -OCH3 is 1. The number of aromatic nitrogens is 2. The Labute approximate surface area is 95.0 Å². The largest absolute Gasteiger partial charge is 0.497 e. The predicted molar refractivity (Wildman–Crippen MR) is 63.1 cm³/mol. The van der Waals surface area contributed by atoms with Crippen LogP contribution in [0, 0.1) is 6.92 Å². The minimum absolute atomic E-state index is 0.713. The van der Waals surface area contributed by atoms with Crippen molar-refractivity contribution in [2.75, 3.05) is 7.11 Å². The lowest BCUT2D eigenvalue weighted by Crippen LogP contribution is -2.09. The third-order valence-corrected chi connectivity index (χ3v) is 3.58. The Balaban J connectivity index is 2.19. The molecule has 0 amide bonds. The molecule has 1 aliphatic carbocycles. The van der Waals surface area contributed by atoms with Gasteiger partial charge in [0.15, 0.2) is 0 Å². The molecule has 0 unspecified atom stereocenters. The highest BCUT2D eigenvalue weighted by Crippen LogP contribution is 2.40. The molecule has 0 aliphatic heterocycles. The third-order valence-electron chi connectivity index (χ3n) is 3.58. The second-order valence-electron chi connectivity index (χ2n) is 4.52. The zero-order chi connectivity index (χ0) is 11.1. The van der Waals surface area contributed by atoms with Crippen LogP contribution in [0.4, 0.5) is 0 Å². The first-order chi connectivity index (χ1) is 7.79. The molecule has 0 N–H and O–H groups in total. The van der Waals surface area contributed by atoms with Crippen LogP contribution in [0.3, 0.4) is 0 Å². The van der Waals surface area contributed by atoms with Gasteiger partial charge in [-0.1, -0.05) is 6.42 Å². The fourth-order valence-electron chi connectivity index (χ4n) is 2.49. The first-order valence-electron chi connectivity index (χ1n) is 5.82. The van der Waals surface area contributed by atoms with Gasteiger partial charge in [0.05, 0.1) is 18.3 Å². The molecular formula is C13H16N2O. The molecule has 2 aromatic heterocycles. The van der Waals surface area contributed by atoms with Crippen LogP contribution < -0.4 is 4.74 Å². The molecule has 3 nitrogen and oxygen atoms in total. The van der Waals surface area contributed by atoms with Gasteiger partial charge in [0.2, 0.25) is 0 Å². The number of ether oxygens (including phenoxy) is 1.